The molecule has 1 aromatic carbocycles. The number of nitrogens with one attached hydrogen (secondary N) is 2. The standard InChI is InChI=1S/C20H32N4O/c1-3-5-12-22-20(21-4-2)23-15-18-14-19(25)24(16-18)13-11-17-9-7-6-8-10-17/h6-10,18H,3-5,11-16H2,1-2H3,(H2,21,22,23). The molecule has 1 aliphatic heterocycles. The molecule has 1 heterocycles. The summed E-state index contributed by atoms with van der Waals surface area (Å²) in [4.78, 5) is 18.9. The predicted octanol–water partition coefficient (Wildman–Crippen LogP) is 2.43. The number of hydrogen-bond acceptors (Lipinski definition) is 2. The van der Waals surface area contributed by atoms with Gasteiger partial charge in [0.25, 0.3) is 0 Å². The second-order valence-electron chi connectivity index (χ2n) is 6.65. The molecule has 1 amide bonds. The molecule has 25 heavy (non-hydrogen) atoms. The lowest BCUT2D eigenvalue weighted by atomic mass is 10.1. The van der Waals surface area contributed by atoms with Gasteiger partial charge in [-0.1, -0.05) is 43.7 Å². The molecule has 1 aromatic rings. The van der Waals surface area contributed by atoms with Crippen LogP contribution in [0.4, 0.5) is 0 Å². The van der Waals surface area contributed by atoms with Gasteiger partial charge in [0, 0.05) is 45.1 Å². The molecule has 1 aliphatic rings. The Kier molecular flexibility index (Phi) is 8.29. The fourth-order valence-electron chi connectivity index (χ4n) is 3.05. The highest BCUT2D eigenvalue weighted by molar-refractivity contribution is 5.80. The van der Waals surface area contributed by atoms with Gasteiger partial charge in [0.15, 0.2) is 5.96 Å². The second kappa shape index (κ2) is 10.7. The molecule has 138 valence electrons. The highest BCUT2D eigenvalue weighted by Gasteiger charge is 2.28. The molecule has 1 atom stereocenters. The third-order valence-corrected chi connectivity index (χ3v) is 4.48. The van der Waals surface area contributed by atoms with Crippen LogP contribution in [0.5, 0.6) is 0 Å². The molecule has 0 radical (unpaired) electrons. The first kappa shape index (κ1) is 19.3. The van der Waals surface area contributed by atoms with Gasteiger partial charge in [-0.3, -0.25) is 9.79 Å². The molecular weight excluding hydrogens is 312 g/mol. The van der Waals surface area contributed by atoms with Crippen molar-refractivity contribution in [2.45, 2.75) is 39.5 Å². The second-order valence-corrected chi connectivity index (χ2v) is 6.65. The van der Waals surface area contributed by atoms with E-state index in [0.29, 0.717) is 18.9 Å². The molecule has 0 aliphatic carbocycles. The molecule has 5 heteroatoms. The summed E-state index contributed by atoms with van der Waals surface area (Å²) in [6.45, 7) is 8.37. The summed E-state index contributed by atoms with van der Waals surface area (Å²) in [7, 11) is 0. The van der Waals surface area contributed by atoms with Crippen LogP contribution in [0.25, 0.3) is 0 Å². The molecule has 1 unspecified atom stereocenters. The summed E-state index contributed by atoms with van der Waals surface area (Å²) in [5.74, 6) is 1.45. The van der Waals surface area contributed by atoms with Crippen molar-refractivity contribution in [1.29, 1.82) is 0 Å². The third kappa shape index (κ3) is 6.77. The highest BCUT2D eigenvalue weighted by Crippen LogP contribution is 2.18. The molecule has 0 spiro atoms. The number of aliphatic imine (C=N–C) groups is 1. The average molecular weight is 345 g/mol. The van der Waals surface area contributed by atoms with Crippen molar-refractivity contribution in [3.05, 3.63) is 35.9 Å². The van der Waals surface area contributed by atoms with E-state index in [2.05, 4.69) is 41.6 Å². The molecule has 2 rings (SSSR count). The van der Waals surface area contributed by atoms with Gasteiger partial charge in [-0.05, 0) is 25.3 Å². The van der Waals surface area contributed by atoms with Crippen LogP contribution in [0.1, 0.15) is 38.7 Å². The number of guanidine groups is 1. The Morgan fingerprint density at radius 3 is 2.76 bits per heavy atom. The number of carbonyl (C=O) groups excluding carboxylic acids is 1. The minimum absolute atomic E-state index is 0.264. The fourth-order valence-corrected chi connectivity index (χ4v) is 3.05. The van der Waals surface area contributed by atoms with Gasteiger partial charge >= 0.3 is 0 Å². The van der Waals surface area contributed by atoms with Crippen molar-refractivity contribution in [2.75, 3.05) is 32.7 Å². The van der Waals surface area contributed by atoms with Crippen molar-refractivity contribution in [3.63, 3.8) is 0 Å². The molecule has 0 bridgehead atoms. The first-order valence-corrected chi connectivity index (χ1v) is 9.56. The van der Waals surface area contributed by atoms with Gasteiger partial charge < -0.3 is 15.5 Å². The van der Waals surface area contributed by atoms with Crippen molar-refractivity contribution < 1.29 is 4.79 Å². The van der Waals surface area contributed by atoms with E-state index in [-0.39, 0.29) is 5.91 Å². The van der Waals surface area contributed by atoms with Crippen LogP contribution in [0.15, 0.2) is 35.3 Å². The average Bonchev–Trinajstić information content (AvgIpc) is 2.99. The summed E-state index contributed by atoms with van der Waals surface area (Å²) >= 11 is 0. The third-order valence-electron chi connectivity index (χ3n) is 4.48. The van der Waals surface area contributed by atoms with Gasteiger partial charge in [0.1, 0.15) is 0 Å². The van der Waals surface area contributed by atoms with Crippen molar-refractivity contribution in [3.8, 4) is 0 Å². The van der Waals surface area contributed by atoms with Gasteiger partial charge in [-0.15, -0.1) is 0 Å². The van der Waals surface area contributed by atoms with Gasteiger partial charge in [0.2, 0.25) is 5.91 Å². The maximum Gasteiger partial charge on any atom is 0.223 e. The Hall–Kier alpha value is -2.04. The molecule has 0 aromatic heterocycles. The number of benzene rings is 1. The number of likely N-dealkylation sites (tertiary alicyclic amines) is 1. The molecule has 2 N–H and O–H groups in total. The normalized spacial score (nSPS) is 17.8. The molecule has 1 fully saturated rings. The fraction of sp³-hybridized carbons (Fsp3) is 0.600. The zero-order valence-electron chi connectivity index (χ0n) is 15.6. The van der Waals surface area contributed by atoms with E-state index in [9.17, 15) is 4.79 Å². The minimum atomic E-state index is 0.264. The number of nitrogens with zero attached hydrogens (tertiary/aromatic N) is 2. The zero-order chi connectivity index (χ0) is 17.9. The summed E-state index contributed by atoms with van der Waals surface area (Å²) in [6.07, 6.45) is 3.84. The number of unbranched alkanes of at least 4 members (excludes halogenated alkanes) is 1. The first-order valence-electron chi connectivity index (χ1n) is 9.56. The lowest BCUT2D eigenvalue weighted by molar-refractivity contribution is -0.127. The smallest absolute Gasteiger partial charge is 0.223 e. The topological polar surface area (TPSA) is 56.7 Å². The predicted molar refractivity (Wildman–Crippen MR) is 104 cm³/mol. The van der Waals surface area contributed by atoms with Crippen LogP contribution in [-0.2, 0) is 11.2 Å². The summed E-state index contributed by atoms with van der Waals surface area (Å²) in [6, 6.07) is 10.4. The summed E-state index contributed by atoms with van der Waals surface area (Å²) in [5, 5.41) is 6.63. The van der Waals surface area contributed by atoms with E-state index in [1.54, 1.807) is 0 Å². The summed E-state index contributed by atoms with van der Waals surface area (Å²) < 4.78 is 0. The van der Waals surface area contributed by atoms with Crippen LogP contribution in [-0.4, -0.2) is 49.5 Å². The van der Waals surface area contributed by atoms with Gasteiger partial charge in [-0.2, -0.15) is 0 Å². The maximum atomic E-state index is 12.2. The maximum absolute atomic E-state index is 12.2. The van der Waals surface area contributed by atoms with Crippen molar-refractivity contribution in [2.24, 2.45) is 10.9 Å². The van der Waals surface area contributed by atoms with E-state index in [4.69, 9.17) is 0 Å². The Morgan fingerprint density at radius 1 is 1.24 bits per heavy atom. The largest absolute Gasteiger partial charge is 0.357 e. The quantitative estimate of drug-likeness (QED) is 0.411. The summed E-state index contributed by atoms with van der Waals surface area (Å²) in [5.41, 5.74) is 1.28. The lowest BCUT2D eigenvalue weighted by Gasteiger charge is -2.16. The Bertz CT molecular complexity index is 544. The first-order chi connectivity index (χ1) is 12.2. The molecular formula is C20H32N4O. The molecule has 5 nitrogen and oxygen atoms in total. The minimum Gasteiger partial charge on any atom is -0.357 e. The van der Waals surface area contributed by atoms with E-state index in [1.165, 1.54) is 12.0 Å². The molecule has 0 saturated carbocycles. The number of carbonyl (C=O) groups is 1. The lowest BCUT2D eigenvalue weighted by Crippen LogP contribution is -2.38. The van der Waals surface area contributed by atoms with E-state index >= 15 is 0 Å². The Labute approximate surface area is 151 Å². The van der Waals surface area contributed by atoms with Crippen molar-refractivity contribution >= 4 is 11.9 Å². The number of amides is 1. The van der Waals surface area contributed by atoms with Gasteiger partial charge in [0.05, 0.1) is 0 Å². The zero-order valence-corrected chi connectivity index (χ0v) is 15.6. The van der Waals surface area contributed by atoms with Crippen molar-refractivity contribution in [1.82, 2.24) is 15.5 Å². The number of hydrogen-bond donors (Lipinski definition) is 2. The van der Waals surface area contributed by atoms with E-state index < -0.39 is 0 Å². The Morgan fingerprint density at radius 2 is 2.04 bits per heavy atom. The molecule has 1 saturated heterocycles. The van der Waals surface area contributed by atoms with E-state index in [1.807, 2.05) is 23.1 Å². The monoisotopic (exact) mass is 344 g/mol. The van der Waals surface area contributed by atoms with Crippen LogP contribution in [0.3, 0.4) is 0 Å². The Balaban J connectivity index is 1.78. The van der Waals surface area contributed by atoms with Crippen LogP contribution in [0, 0.1) is 5.92 Å². The SMILES string of the molecule is CCCCNC(=NCC1CC(=O)N(CCc2ccccc2)C1)NCC. The van der Waals surface area contributed by atoms with E-state index in [0.717, 1.165) is 45.0 Å². The van der Waals surface area contributed by atoms with Crippen LogP contribution in [0.2, 0.25) is 0 Å². The highest BCUT2D eigenvalue weighted by atomic mass is 16.2. The van der Waals surface area contributed by atoms with Crippen LogP contribution >= 0.6 is 0 Å². The number of rotatable bonds is 9. The van der Waals surface area contributed by atoms with Gasteiger partial charge in [-0.25, -0.2) is 0 Å². The van der Waals surface area contributed by atoms with Crippen LogP contribution < -0.4 is 10.6 Å².